The van der Waals surface area contributed by atoms with E-state index in [0.717, 1.165) is 16.9 Å². The van der Waals surface area contributed by atoms with Gasteiger partial charge >= 0.3 is 0 Å². The Morgan fingerprint density at radius 3 is 2.96 bits per heavy atom. The van der Waals surface area contributed by atoms with Gasteiger partial charge in [-0.1, -0.05) is 23.4 Å². The van der Waals surface area contributed by atoms with Crippen molar-refractivity contribution in [3.05, 3.63) is 47.3 Å². The monoisotopic (exact) mass is 313 g/mol. The molecular formula is C17H19N3O3. The molecule has 6 heteroatoms. The normalized spacial score (nSPS) is 17.0. The molecule has 1 atom stereocenters. The van der Waals surface area contributed by atoms with Gasteiger partial charge in [0.25, 0.3) is 0 Å². The fraction of sp³-hybridized carbons (Fsp3) is 0.353. The molecule has 0 radical (unpaired) electrons. The Kier molecular flexibility index (Phi) is 4.14. The van der Waals surface area contributed by atoms with E-state index in [1.807, 2.05) is 31.2 Å². The lowest BCUT2D eigenvalue weighted by Crippen LogP contribution is -2.38. The topological polar surface area (TPSA) is 75.4 Å². The summed E-state index contributed by atoms with van der Waals surface area (Å²) in [4.78, 5) is 25.8. The highest BCUT2D eigenvalue weighted by Crippen LogP contribution is 2.34. The quantitative estimate of drug-likeness (QED) is 0.934. The van der Waals surface area contributed by atoms with Crippen LogP contribution in [0.4, 0.5) is 5.69 Å². The van der Waals surface area contributed by atoms with Crippen LogP contribution in [0.5, 0.6) is 0 Å². The van der Waals surface area contributed by atoms with E-state index >= 15 is 0 Å². The van der Waals surface area contributed by atoms with Crippen molar-refractivity contribution in [3.8, 4) is 0 Å². The number of aromatic nitrogens is 1. The molecule has 1 aromatic heterocycles. The number of amides is 2. The second kappa shape index (κ2) is 6.24. The molecule has 0 aliphatic carbocycles. The highest BCUT2D eigenvalue weighted by Gasteiger charge is 2.28. The van der Waals surface area contributed by atoms with Gasteiger partial charge in [-0.05, 0) is 18.6 Å². The number of carbonyl (C=O) groups excluding carboxylic acids is 2. The largest absolute Gasteiger partial charge is 0.361 e. The van der Waals surface area contributed by atoms with Gasteiger partial charge in [-0.15, -0.1) is 0 Å². The van der Waals surface area contributed by atoms with E-state index in [9.17, 15) is 9.59 Å². The first kappa shape index (κ1) is 15.3. The average molecular weight is 313 g/mol. The number of aryl methyl sites for hydroxylation is 1. The SMILES string of the molecule is Cc1cc(CC(=O)NC[C@H]2CC(=O)N(C)c3ccccc32)on1. The van der Waals surface area contributed by atoms with E-state index in [-0.39, 0.29) is 24.2 Å². The number of anilines is 1. The first-order valence-electron chi connectivity index (χ1n) is 7.59. The van der Waals surface area contributed by atoms with Gasteiger partial charge in [-0.2, -0.15) is 0 Å². The van der Waals surface area contributed by atoms with Crippen molar-refractivity contribution in [1.29, 1.82) is 0 Å². The number of hydrogen-bond acceptors (Lipinski definition) is 4. The number of rotatable bonds is 4. The summed E-state index contributed by atoms with van der Waals surface area (Å²) in [5.74, 6) is 0.467. The predicted molar refractivity (Wildman–Crippen MR) is 85.2 cm³/mol. The van der Waals surface area contributed by atoms with Gasteiger partial charge in [0.05, 0.1) is 12.1 Å². The molecule has 23 heavy (non-hydrogen) atoms. The van der Waals surface area contributed by atoms with Crippen molar-refractivity contribution >= 4 is 17.5 Å². The zero-order valence-corrected chi connectivity index (χ0v) is 13.2. The zero-order valence-electron chi connectivity index (χ0n) is 13.2. The van der Waals surface area contributed by atoms with Crippen LogP contribution in [0.25, 0.3) is 0 Å². The Labute approximate surface area is 134 Å². The number of nitrogens with zero attached hydrogens (tertiary/aromatic N) is 2. The first-order chi connectivity index (χ1) is 11.0. The smallest absolute Gasteiger partial charge is 0.227 e. The van der Waals surface area contributed by atoms with E-state index in [1.165, 1.54) is 0 Å². The van der Waals surface area contributed by atoms with Crippen LogP contribution in [-0.2, 0) is 16.0 Å². The Bertz CT molecular complexity index is 738. The summed E-state index contributed by atoms with van der Waals surface area (Å²) >= 11 is 0. The van der Waals surface area contributed by atoms with Crippen LogP contribution < -0.4 is 10.2 Å². The summed E-state index contributed by atoms with van der Waals surface area (Å²) in [6.45, 7) is 2.24. The van der Waals surface area contributed by atoms with Gasteiger partial charge in [0, 0.05) is 37.7 Å². The summed E-state index contributed by atoms with van der Waals surface area (Å²) in [5, 5.41) is 6.65. The van der Waals surface area contributed by atoms with Crippen molar-refractivity contribution in [3.63, 3.8) is 0 Å². The van der Waals surface area contributed by atoms with Crippen molar-refractivity contribution in [2.75, 3.05) is 18.5 Å². The van der Waals surface area contributed by atoms with E-state index in [4.69, 9.17) is 4.52 Å². The number of hydrogen-bond donors (Lipinski definition) is 1. The molecule has 120 valence electrons. The van der Waals surface area contributed by atoms with Crippen LogP contribution in [0, 0.1) is 6.92 Å². The number of benzene rings is 1. The summed E-state index contributed by atoms with van der Waals surface area (Å²) in [5.41, 5.74) is 2.75. The maximum Gasteiger partial charge on any atom is 0.227 e. The average Bonchev–Trinajstić information content (AvgIpc) is 2.94. The fourth-order valence-electron chi connectivity index (χ4n) is 2.87. The molecular weight excluding hydrogens is 294 g/mol. The van der Waals surface area contributed by atoms with E-state index in [1.54, 1.807) is 18.0 Å². The van der Waals surface area contributed by atoms with Crippen LogP contribution in [-0.4, -0.2) is 30.6 Å². The fourth-order valence-corrected chi connectivity index (χ4v) is 2.87. The standard InChI is InChI=1S/C17H19N3O3/c1-11-7-13(23-19-11)9-16(21)18-10-12-8-17(22)20(2)15-6-4-3-5-14(12)15/h3-7,12H,8-10H2,1-2H3,(H,18,21)/t12-/m1/s1. The van der Waals surface area contributed by atoms with Crippen LogP contribution in [0.3, 0.4) is 0 Å². The molecule has 0 saturated carbocycles. The molecule has 6 nitrogen and oxygen atoms in total. The number of carbonyl (C=O) groups is 2. The second-order valence-electron chi connectivity index (χ2n) is 5.83. The zero-order chi connectivity index (χ0) is 16.4. The molecule has 0 fully saturated rings. The van der Waals surface area contributed by atoms with Crippen LogP contribution >= 0.6 is 0 Å². The van der Waals surface area contributed by atoms with Crippen molar-refractivity contribution < 1.29 is 14.1 Å². The maximum absolute atomic E-state index is 12.1. The maximum atomic E-state index is 12.1. The molecule has 0 bridgehead atoms. The molecule has 3 rings (SSSR count). The van der Waals surface area contributed by atoms with Crippen LogP contribution in [0.1, 0.15) is 29.4 Å². The Hall–Kier alpha value is -2.63. The molecule has 2 aromatic rings. The third-order valence-electron chi connectivity index (χ3n) is 4.09. The number of para-hydroxylation sites is 1. The lowest BCUT2D eigenvalue weighted by Gasteiger charge is -2.31. The summed E-state index contributed by atoms with van der Waals surface area (Å²) < 4.78 is 5.04. The molecule has 1 aliphatic heterocycles. The number of nitrogens with one attached hydrogen (secondary N) is 1. The van der Waals surface area contributed by atoms with Crippen LogP contribution in [0.15, 0.2) is 34.9 Å². The van der Waals surface area contributed by atoms with E-state index < -0.39 is 0 Å². The highest BCUT2D eigenvalue weighted by atomic mass is 16.5. The second-order valence-corrected chi connectivity index (χ2v) is 5.83. The van der Waals surface area contributed by atoms with Crippen molar-refractivity contribution in [2.45, 2.75) is 25.7 Å². The van der Waals surface area contributed by atoms with E-state index in [2.05, 4.69) is 10.5 Å². The molecule has 1 aliphatic rings. The summed E-state index contributed by atoms with van der Waals surface area (Å²) in [6.07, 6.45) is 0.554. The Morgan fingerprint density at radius 1 is 1.43 bits per heavy atom. The predicted octanol–water partition coefficient (Wildman–Crippen LogP) is 1.79. The molecule has 0 spiro atoms. The minimum atomic E-state index is -0.134. The van der Waals surface area contributed by atoms with Gasteiger partial charge < -0.3 is 14.7 Å². The minimum Gasteiger partial charge on any atom is -0.361 e. The van der Waals surface area contributed by atoms with Gasteiger partial charge in [-0.25, -0.2) is 0 Å². The van der Waals surface area contributed by atoms with Crippen LogP contribution in [0.2, 0.25) is 0 Å². The van der Waals surface area contributed by atoms with E-state index in [0.29, 0.717) is 18.7 Å². The molecule has 1 aromatic carbocycles. The van der Waals surface area contributed by atoms with Gasteiger partial charge in [0.2, 0.25) is 11.8 Å². The van der Waals surface area contributed by atoms with Gasteiger partial charge in [0.15, 0.2) is 0 Å². The van der Waals surface area contributed by atoms with Gasteiger partial charge in [0.1, 0.15) is 5.76 Å². The minimum absolute atomic E-state index is 0.00434. The lowest BCUT2D eigenvalue weighted by molar-refractivity contribution is -0.122. The molecule has 2 heterocycles. The lowest BCUT2D eigenvalue weighted by atomic mass is 9.89. The summed E-state index contributed by atoms with van der Waals surface area (Å²) in [7, 11) is 1.78. The first-order valence-corrected chi connectivity index (χ1v) is 7.59. The Morgan fingerprint density at radius 2 is 2.22 bits per heavy atom. The number of fused-ring (bicyclic) bond motifs is 1. The third kappa shape index (κ3) is 3.26. The third-order valence-corrected chi connectivity index (χ3v) is 4.09. The summed E-state index contributed by atoms with van der Waals surface area (Å²) in [6, 6.07) is 9.55. The van der Waals surface area contributed by atoms with Crippen molar-refractivity contribution in [1.82, 2.24) is 10.5 Å². The molecule has 0 saturated heterocycles. The Balaban J connectivity index is 1.65. The molecule has 2 amide bonds. The molecule has 1 N–H and O–H groups in total. The van der Waals surface area contributed by atoms with Gasteiger partial charge in [-0.3, -0.25) is 9.59 Å². The molecule has 0 unspecified atom stereocenters. The highest BCUT2D eigenvalue weighted by molar-refractivity contribution is 5.96. The van der Waals surface area contributed by atoms with Crippen molar-refractivity contribution in [2.24, 2.45) is 0 Å².